The van der Waals surface area contributed by atoms with Crippen molar-refractivity contribution >= 4 is 15.7 Å². The van der Waals surface area contributed by atoms with Crippen LogP contribution in [0.2, 0.25) is 0 Å². The highest BCUT2D eigenvalue weighted by molar-refractivity contribution is 7.92. The Labute approximate surface area is 161 Å². The van der Waals surface area contributed by atoms with Crippen LogP contribution in [-0.4, -0.2) is 15.5 Å². The van der Waals surface area contributed by atoms with Gasteiger partial charge >= 0.3 is 0 Å². The summed E-state index contributed by atoms with van der Waals surface area (Å²) in [7, 11) is -2.27. The molecule has 0 aliphatic carbocycles. The standard InChI is InChI=1S/C22H23NO3S/c1-17-12-14-20(15-13-17)23(18(2)19-8-5-4-6-9-19)27(24,25)22-11-7-10-21(16-22)26-3/h4-16,18H,1-3H3. The van der Waals surface area contributed by atoms with Gasteiger partial charge in [0.15, 0.2) is 0 Å². The summed E-state index contributed by atoms with van der Waals surface area (Å²) in [6, 6.07) is 23.3. The maximum atomic E-state index is 13.6. The molecule has 27 heavy (non-hydrogen) atoms. The Morgan fingerprint density at radius 2 is 1.56 bits per heavy atom. The molecule has 0 fully saturated rings. The Bertz CT molecular complexity index is 999. The summed E-state index contributed by atoms with van der Waals surface area (Å²) in [5.74, 6) is 0.507. The zero-order chi connectivity index (χ0) is 19.4. The summed E-state index contributed by atoms with van der Waals surface area (Å²) in [6.45, 7) is 3.87. The first-order valence-corrected chi connectivity index (χ1v) is 10.2. The Morgan fingerprint density at radius 3 is 2.19 bits per heavy atom. The molecule has 0 N–H and O–H groups in total. The molecule has 3 rings (SSSR count). The molecule has 5 heteroatoms. The predicted octanol–water partition coefficient (Wildman–Crippen LogP) is 4.96. The summed E-state index contributed by atoms with van der Waals surface area (Å²) in [5.41, 5.74) is 2.62. The molecule has 0 aromatic heterocycles. The highest BCUT2D eigenvalue weighted by atomic mass is 32.2. The second-order valence-electron chi connectivity index (χ2n) is 6.40. The fourth-order valence-electron chi connectivity index (χ4n) is 3.00. The summed E-state index contributed by atoms with van der Waals surface area (Å²) in [4.78, 5) is 0.199. The van der Waals surface area contributed by atoms with E-state index >= 15 is 0 Å². The van der Waals surface area contributed by atoms with Gasteiger partial charge in [-0.3, -0.25) is 4.31 Å². The number of sulfonamides is 1. The molecule has 3 aromatic carbocycles. The molecule has 0 heterocycles. The number of hydrogen-bond donors (Lipinski definition) is 0. The lowest BCUT2D eigenvalue weighted by Gasteiger charge is -2.31. The van der Waals surface area contributed by atoms with E-state index in [1.807, 2.05) is 68.4 Å². The van der Waals surface area contributed by atoms with Gasteiger partial charge < -0.3 is 4.74 Å². The molecule has 0 amide bonds. The molecular weight excluding hydrogens is 358 g/mol. The van der Waals surface area contributed by atoms with Gasteiger partial charge in [-0.2, -0.15) is 0 Å². The van der Waals surface area contributed by atoms with Crippen LogP contribution in [0.4, 0.5) is 5.69 Å². The van der Waals surface area contributed by atoms with Crippen LogP contribution in [0.25, 0.3) is 0 Å². The Balaban J connectivity index is 2.15. The van der Waals surface area contributed by atoms with E-state index in [2.05, 4.69) is 0 Å². The second-order valence-corrected chi connectivity index (χ2v) is 8.22. The molecule has 0 aliphatic heterocycles. The number of ether oxygens (including phenoxy) is 1. The molecule has 1 unspecified atom stereocenters. The van der Waals surface area contributed by atoms with Crippen molar-refractivity contribution in [3.05, 3.63) is 90.0 Å². The topological polar surface area (TPSA) is 46.6 Å². The van der Waals surface area contributed by atoms with E-state index in [4.69, 9.17) is 4.74 Å². The Morgan fingerprint density at radius 1 is 0.889 bits per heavy atom. The van der Waals surface area contributed by atoms with Crippen molar-refractivity contribution in [1.82, 2.24) is 0 Å². The minimum atomic E-state index is -3.79. The minimum Gasteiger partial charge on any atom is -0.497 e. The van der Waals surface area contributed by atoms with Gasteiger partial charge in [0.05, 0.1) is 23.7 Å². The third kappa shape index (κ3) is 3.98. The quantitative estimate of drug-likeness (QED) is 0.606. The van der Waals surface area contributed by atoms with Crippen molar-refractivity contribution in [2.75, 3.05) is 11.4 Å². The van der Waals surface area contributed by atoms with E-state index in [0.717, 1.165) is 11.1 Å². The molecule has 3 aromatic rings. The van der Waals surface area contributed by atoms with Crippen LogP contribution >= 0.6 is 0 Å². The minimum absolute atomic E-state index is 0.199. The number of hydrogen-bond acceptors (Lipinski definition) is 3. The molecule has 0 radical (unpaired) electrons. The molecule has 4 nitrogen and oxygen atoms in total. The van der Waals surface area contributed by atoms with Crippen molar-refractivity contribution in [3.8, 4) is 5.75 Å². The first-order chi connectivity index (χ1) is 12.9. The number of rotatable bonds is 6. The summed E-state index contributed by atoms with van der Waals surface area (Å²) in [5, 5.41) is 0. The lowest BCUT2D eigenvalue weighted by atomic mass is 10.1. The lowest BCUT2D eigenvalue weighted by Crippen LogP contribution is -2.33. The maximum Gasteiger partial charge on any atom is 0.265 e. The van der Waals surface area contributed by atoms with Crippen LogP contribution in [0.3, 0.4) is 0 Å². The van der Waals surface area contributed by atoms with Crippen LogP contribution in [0.5, 0.6) is 5.75 Å². The monoisotopic (exact) mass is 381 g/mol. The van der Waals surface area contributed by atoms with Gasteiger partial charge in [-0.05, 0) is 43.7 Å². The molecule has 0 saturated carbocycles. The Hall–Kier alpha value is -2.79. The normalized spacial score (nSPS) is 12.4. The molecule has 0 saturated heterocycles. The average Bonchev–Trinajstić information content (AvgIpc) is 2.70. The molecule has 1 atom stereocenters. The van der Waals surface area contributed by atoms with Gasteiger partial charge in [0, 0.05) is 6.07 Å². The largest absolute Gasteiger partial charge is 0.497 e. The van der Waals surface area contributed by atoms with Crippen LogP contribution < -0.4 is 9.04 Å². The van der Waals surface area contributed by atoms with Crippen molar-refractivity contribution in [2.45, 2.75) is 24.8 Å². The second kappa shape index (κ2) is 7.84. The van der Waals surface area contributed by atoms with Crippen molar-refractivity contribution in [1.29, 1.82) is 0 Å². The Kier molecular flexibility index (Phi) is 5.51. The summed E-state index contributed by atoms with van der Waals surface area (Å²) in [6.07, 6.45) is 0. The fourth-order valence-corrected chi connectivity index (χ4v) is 4.68. The van der Waals surface area contributed by atoms with E-state index in [9.17, 15) is 8.42 Å². The van der Waals surface area contributed by atoms with Gasteiger partial charge in [-0.1, -0.05) is 54.1 Å². The van der Waals surface area contributed by atoms with Crippen molar-refractivity contribution in [2.24, 2.45) is 0 Å². The molecule has 140 valence electrons. The summed E-state index contributed by atoms with van der Waals surface area (Å²) >= 11 is 0. The van der Waals surface area contributed by atoms with Crippen LogP contribution in [0, 0.1) is 6.92 Å². The fraction of sp³-hybridized carbons (Fsp3) is 0.182. The zero-order valence-electron chi connectivity index (χ0n) is 15.7. The van der Waals surface area contributed by atoms with Gasteiger partial charge in [0.1, 0.15) is 5.75 Å². The number of anilines is 1. The predicted molar refractivity (Wildman–Crippen MR) is 109 cm³/mol. The SMILES string of the molecule is COc1cccc(S(=O)(=O)N(c2ccc(C)cc2)C(C)c2ccccc2)c1. The number of nitrogens with zero attached hydrogens (tertiary/aromatic N) is 1. The lowest BCUT2D eigenvalue weighted by molar-refractivity contribution is 0.413. The third-order valence-corrected chi connectivity index (χ3v) is 6.41. The maximum absolute atomic E-state index is 13.6. The van der Waals surface area contributed by atoms with E-state index in [1.54, 1.807) is 24.3 Å². The van der Waals surface area contributed by atoms with Gasteiger partial charge in [0.2, 0.25) is 0 Å². The zero-order valence-corrected chi connectivity index (χ0v) is 16.5. The molecule has 0 aliphatic rings. The molecule has 0 bridgehead atoms. The van der Waals surface area contributed by atoms with Gasteiger partial charge in [-0.15, -0.1) is 0 Å². The average molecular weight is 381 g/mol. The number of methoxy groups -OCH3 is 1. The molecule has 0 spiro atoms. The van der Waals surface area contributed by atoms with E-state index in [-0.39, 0.29) is 10.9 Å². The van der Waals surface area contributed by atoms with Crippen LogP contribution in [-0.2, 0) is 10.0 Å². The third-order valence-electron chi connectivity index (χ3n) is 4.52. The van der Waals surface area contributed by atoms with Crippen molar-refractivity contribution in [3.63, 3.8) is 0 Å². The first kappa shape index (κ1) is 19.0. The number of benzene rings is 3. The van der Waals surface area contributed by atoms with E-state index < -0.39 is 10.0 Å². The number of aryl methyl sites for hydroxylation is 1. The first-order valence-electron chi connectivity index (χ1n) is 8.73. The van der Waals surface area contributed by atoms with Crippen LogP contribution in [0.1, 0.15) is 24.1 Å². The van der Waals surface area contributed by atoms with Crippen molar-refractivity contribution < 1.29 is 13.2 Å². The van der Waals surface area contributed by atoms with Gasteiger partial charge in [0.25, 0.3) is 10.0 Å². The van der Waals surface area contributed by atoms with E-state index in [1.165, 1.54) is 11.4 Å². The van der Waals surface area contributed by atoms with E-state index in [0.29, 0.717) is 11.4 Å². The highest BCUT2D eigenvalue weighted by Gasteiger charge is 2.30. The smallest absolute Gasteiger partial charge is 0.265 e. The summed E-state index contributed by atoms with van der Waals surface area (Å²) < 4.78 is 33.8. The van der Waals surface area contributed by atoms with Gasteiger partial charge in [-0.25, -0.2) is 8.42 Å². The highest BCUT2D eigenvalue weighted by Crippen LogP contribution is 2.34. The van der Waals surface area contributed by atoms with Crippen LogP contribution in [0.15, 0.2) is 83.8 Å². The molecular formula is C22H23NO3S.